The second-order valence-electron chi connectivity index (χ2n) is 8.04. The lowest BCUT2D eigenvalue weighted by Gasteiger charge is -2.03. The van der Waals surface area contributed by atoms with Crippen LogP contribution in [0.25, 0.3) is 10.2 Å². The lowest BCUT2D eigenvalue weighted by atomic mass is 10.1. The summed E-state index contributed by atoms with van der Waals surface area (Å²) in [5.41, 5.74) is -0.327. The zero-order chi connectivity index (χ0) is 20.7. The van der Waals surface area contributed by atoms with Gasteiger partial charge in [-0.15, -0.1) is 11.3 Å². The average molecular weight is 422 g/mol. The molecule has 0 aliphatic carbocycles. The molecular formula is C24H39NO3S. The van der Waals surface area contributed by atoms with Crippen LogP contribution in [0.2, 0.25) is 0 Å². The number of ether oxygens (including phenoxy) is 1. The molecule has 0 spiro atoms. The number of nitrogens with zero attached hydrogens (tertiary/aromatic N) is 1. The number of aryl methyl sites for hydroxylation is 1. The molecule has 0 saturated heterocycles. The van der Waals surface area contributed by atoms with Crippen LogP contribution in [0.3, 0.4) is 0 Å². The third kappa shape index (κ3) is 9.33. The zero-order valence-electron chi connectivity index (χ0n) is 18.5. The minimum absolute atomic E-state index is 0.122. The van der Waals surface area contributed by atoms with Crippen molar-refractivity contribution in [3.8, 4) is 6.08 Å². The van der Waals surface area contributed by atoms with Crippen LogP contribution in [0.1, 0.15) is 109 Å². The molecule has 0 fully saturated rings. The number of rotatable bonds is 17. The first-order valence-electron chi connectivity index (χ1n) is 11.8. The van der Waals surface area contributed by atoms with E-state index in [1.165, 1.54) is 81.9 Å². The summed E-state index contributed by atoms with van der Waals surface area (Å²) in [6.45, 7) is 5.04. The van der Waals surface area contributed by atoms with Crippen molar-refractivity contribution < 1.29 is 9.15 Å². The number of unbranched alkanes of at least 4 members (excludes halogenated alkanes) is 12. The maximum absolute atomic E-state index is 12.2. The summed E-state index contributed by atoms with van der Waals surface area (Å²) in [6, 6.07) is 1.96. The highest BCUT2D eigenvalue weighted by Gasteiger charge is 2.11. The molecule has 0 unspecified atom stereocenters. The Hall–Kier alpha value is -1.36. The second kappa shape index (κ2) is 14.6. The zero-order valence-corrected chi connectivity index (χ0v) is 19.3. The van der Waals surface area contributed by atoms with E-state index in [9.17, 15) is 4.79 Å². The summed E-state index contributed by atoms with van der Waals surface area (Å²) >= 11 is 1.60. The van der Waals surface area contributed by atoms with E-state index >= 15 is 0 Å². The van der Waals surface area contributed by atoms with Crippen LogP contribution in [-0.2, 0) is 6.42 Å². The summed E-state index contributed by atoms with van der Waals surface area (Å²) < 4.78 is 10.8. The van der Waals surface area contributed by atoms with Crippen LogP contribution in [0.5, 0.6) is 6.08 Å². The molecule has 0 aromatic carbocycles. The van der Waals surface area contributed by atoms with Crippen molar-refractivity contribution >= 4 is 21.6 Å². The summed E-state index contributed by atoms with van der Waals surface area (Å²) in [4.78, 5) is 18.6. The minimum atomic E-state index is -0.327. The third-order valence-electron chi connectivity index (χ3n) is 5.36. The molecule has 0 radical (unpaired) electrons. The third-order valence-corrected chi connectivity index (χ3v) is 6.45. The molecule has 0 atom stereocenters. The Bertz CT molecular complexity index is 737. The molecule has 5 heteroatoms. The van der Waals surface area contributed by atoms with Crippen molar-refractivity contribution in [3.05, 3.63) is 21.4 Å². The van der Waals surface area contributed by atoms with Crippen LogP contribution >= 0.6 is 11.3 Å². The van der Waals surface area contributed by atoms with Gasteiger partial charge < -0.3 is 9.15 Å². The number of hydrogen-bond acceptors (Lipinski definition) is 5. The Morgan fingerprint density at radius 3 is 2.10 bits per heavy atom. The smallest absolute Gasteiger partial charge is 0.397 e. The first-order chi connectivity index (χ1) is 14.2. The quantitative estimate of drug-likeness (QED) is 0.246. The maximum Gasteiger partial charge on any atom is 0.397 e. The molecule has 0 aliphatic rings. The van der Waals surface area contributed by atoms with Crippen molar-refractivity contribution in [2.24, 2.45) is 0 Å². The molecule has 2 aromatic rings. The molecule has 164 valence electrons. The Morgan fingerprint density at radius 1 is 0.862 bits per heavy atom. The molecule has 0 amide bonds. The molecular weight excluding hydrogens is 382 g/mol. The van der Waals surface area contributed by atoms with E-state index in [1.54, 1.807) is 11.3 Å². The van der Waals surface area contributed by atoms with Crippen LogP contribution in [0, 0.1) is 0 Å². The highest BCUT2D eigenvalue weighted by Crippen LogP contribution is 2.25. The predicted octanol–water partition coefficient (Wildman–Crippen LogP) is 7.67. The monoisotopic (exact) mass is 421 g/mol. The van der Waals surface area contributed by atoms with Crippen molar-refractivity contribution in [1.82, 2.24) is 4.98 Å². The van der Waals surface area contributed by atoms with Gasteiger partial charge in [0.2, 0.25) is 0 Å². The number of aromatic nitrogens is 1. The van der Waals surface area contributed by atoms with Gasteiger partial charge in [-0.05, 0) is 25.3 Å². The lowest BCUT2D eigenvalue weighted by molar-refractivity contribution is 0.211. The normalized spacial score (nSPS) is 11.4. The molecule has 2 aromatic heterocycles. The predicted molar refractivity (Wildman–Crippen MR) is 123 cm³/mol. The van der Waals surface area contributed by atoms with Crippen LogP contribution in [0.15, 0.2) is 15.3 Å². The van der Waals surface area contributed by atoms with Crippen molar-refractivity contribution in [2.75, 3.05) is 6.61 Å². The van der Waals surface area contributed by atoms with Gasteiger partial charge in [-0.25, -0.2) is 4.79 Å². The van der Waals surface area contributed by atoms with Gasteiger partial charge in [-0.2, -0.15) is 4.98 Å². The van der Waals surface area contributed by atoms with Crippen molar-refractivity contribution in [1.29, 1.82) is 0 Å². The van der Waals surface area contributed by atoms with Gasteiger partial charge >= 0.3 is 11.7 Å². The van der Waals surface area contributed by atoms with Crippen LogP contribution < -0.4 is 10.4 Å². The fraction of sp³-hybridized carbons (Fsp3) is 0.750. The number of fused-ring (bicyclic) bond motifs is 1. The fourth-order valence-corrected chi connectivity index (χ4v) is 4.60. The number of hydrogen-bond donors (Lipinski definition) is 0. The molecule has 0 N–H and O–H groups in total. The first-order valence-corrected chi connectivity index (χ1v) is 12.6. The van der Waals surface area contributed by atoms with E-state index in [4.69, 9.17) is 9.15 Å². The van der Waals surface area contributed by atoms with E-state index in [1.807, 2.05) is 6.07 Å². The van der Waals surface area contributed by atoms with Gasteiger partial charge in [0.1, 0.15) is 4.83 Å². The van der Waals surface area contributed by atoms with Crippen molar-refractivity contribution in [3.63, 3.8) is 0 Å². The Balaban J connectivity index is 1.72. The highest BCUT2D eigenvalue weighted by atomic mass is 32.1. The maximum atomic E-state index is 12.2. The first kappa shape index (κ1) is 23.9. The van der Waals surface area contributed by atoms with Gasteiger partial charge in [0.05, 0.1) is 12.0 Å². The number of thiophene rings is 1. The fourth-order valence-electron chi connectivity index (χ4n) is 3.56. The topological polar surface area (TPSA) is 52.3 Å². The second-order valence-corrected chi connectivity index (χ2v) is 9.16. The van der Waals surface area contributed by atoms with E-state index < -0.39 is 0 Å². The average Bonchev–Trinajstić information content (AvgIpc) is 3.13. The van der Waals surface area contributed by atoms with Gasteiger partial charge in [-0.1, -0.05) is 90.9 Å². The van der Waals surface area contributed by atoms with Gasteiger partial charge in [-0.3, -0.25) is 0 Å². The van der Waals surface area contributed by atoms with E-state index in [-0.39, 0.29) is 11.7 Å². The van der Waals surface area contributed by atoms with E-state index in [0.29, 0.717) is 12.0 Å². The molecule has 29 heavy (non-hydrogen) atoms. The summed E-state index contributed by atoms with van der Waals surface area (Å²) in [6.07, 6.45) is 18.8. The Morgan fingerprint density at radius 2 is 1.45 bits per heavy atom. The van der Waals surface area contributed by atoms with Gasteiger partial charge in [0.25, 0.3) is 0 Å². The Labute approximate surface area is 180 Å². The molecule has 0 saturated carbocycles. The Kier molecular flexibility index (Phi) is 12.0. The van der Waals surface area contributed by atoms with Crippen LogP contribution in [-0.4, -0.2) is 11.6 Å². The summed E-state index contributed by atoms with van der Waals surface area (Å²) in [5, 5.41) is 0.594. The van der Waals surface area contributed by atoms with Gasteiger partial charge in [0, 0.05) is 4.88 Å². The standard InChI is InChI=1S/C24H39NO3S/c1-3-5-7-9-11-12-13-15-17-20-19-21-22(29-20)25-24(28-23(21)26)27-18-16-14-10-8-6-4-2/h19H,3-18H2,1-2H3. The molecule has 4 nitrogen and oxygen atoms in total. The van der Waals surface area contributed by atoms with Crippen LogP contribution in [0.4, 0.5) is 0 Å². The summed E-state index contributed by atoms with van der Waals surface area (Å²) in [5.74, 6) is 0. The van der Waals surface area contributed by atoms with E-state index in [2.05, 4.69) is 18.8 Å². The molecule has 2 rings (SSSR count). The lowest BCUT2D eigenvalue weighted by Crippen LogP contribution is -2.05. The largest absolute Gasteiger partial charge is 0.450 e. The van der Waals surface area contributed by atoms with Gasteiger partial charge in [0.15, 0.2) is 0 Å². The van der Waals surface area contributed by atoms with Crippen molar-refractivity contribution in [2.45, 2.75) is 110 Å². The molecule has 0 bridgehead atoms. The minimum Gasteiger partial charge on any atom is -0.450 e. The molecule has 0 aliphatic heterocycles. The molecule has 2 heterocycles. The summed E-state index contributed by atoms with van der Waals surface area (Å²) in [7, 11) is 0. The SMILES string of the molecule is CCCCCCCCCCc1cc2c(=O)oc(OCCCCCCCC)nc2s1. The van der Waals surface area contributed by atoms with E-state index in [0.717, 1.165) is 24.1 Å². The highest BCUT2D eigenvalue weighted by molar-refractivity contribution is 7.18.